The predicted molar refractivity (Wildman–Crippen MR) is 84.0 cm³/mol. The lowest BCUT2D eigenvalue weighted by Crippen LogP contribution is -2.39. The molecule has 0 aliphatic carbocycles. The van der Waals surface area contributed by atoms with Crippen LogP contribution in [-0.4, -0.2) is 32.5 Å². The zero-order valence-electron chi connectivity index (χ0n) is 12.1. The molecule has 2 unspecified atom stereocenters. The summed E-state index contributed by atoms with van der Waals surface area (Å²) in [6, 6.07) is 4.79. The third-order valence-corrected chi connectivity index (χ3v) is 6.02. The summed E-state index contributed by atoms with van der Waals surface area (Å²) in [6.45, 7) is 2.92. The van der Waals surface area contributed by atoms with Gasteiger partial charge >= 0.3 is 0 Å². The van der Waals surface area contributed by atoms with Crippen LogP contribution in [0.4, 0.5) is 4.39 Å². The van der Waals surface area contributed by atoms with Gasteiger partial charge in [-0.2, -0.15) is 0 Å². The lowest BCUT2D eigenvalue weighted by molar-refractivity contribution is 0.379. The third kappa shape index (κ3) is 4.66. The summed E-state index contributed by atoms with van der Waals surface area (Å²) in [5, 5.41) is 3.54. The van der Waals surface area contributed by atoms with Crippen LogP contribution in [-0.2, 0) is 16.3 Å². The molecule has 3 nitrogen and oxygen atoms in total. The molecule has 6 heteroatoms. The minimum Gasteiger partial charge on any atom is -0.313 e. The number of rotatable bonds is 6. The van der Waals surface area contributed by atoms with Crippen molar-refractivity contribution in [3.8, 4) is 0 Å². The summed E-state index contributed by atoms with van der Waals surface area (Å²) in [6.07, 6.45) is 2.35. The monoisotopic (exact) mass is 333 g/mol. The molecule has 0 amide bonds. The average Bonchev–Trinajstić information content (AvgIpc) is 2.79. The molecule has 21 heavy (non-hydrogen) atoms. The van der Waals surface area contributed by atoms with E-state index in [1.165, 1.54) is 6.07 Å². The van der Waals surface area contributed by atoms with Crippen molar-refractivity contribution in [1.29, 1.82) is 0 Å². The van der Waals surface area contributed by atoms with Crippen molar-refractivity contribution in [3.63, 3.8) is 0 Å². The van der Waals surface area contributed by atoms with Gasteiger partial charge in [0.15, 0.2) is 9.84 Å². The molecule has 1 saturated heterocycles. The van der Waals surface area contributed by atoms with E-state index in [0.29, 0.717) is 12.8 Å². The Balaban J connectivity index is 2.10. The van der Waals surface area contributed by atoms with Gasteiger partial charge in [0.2, 0.25) is 0 Å². The van der Waals surface area contributed by atoms with E-state index in [-0.39, 0.29) is 28.5 Å². The number of benzene rings is 1. The van der Waals surface area contributed by atoms with Crippen molar-refractivity contribution in [2.45, 2.75) is 32.2 Å². The highest BCUT2D eigenvalue weighted by molar-refractivity contribution is 7.91. The highest BCUT2D eigenvalue weighted by Crippen LogP contribution is 2.25. The van der Waals surface area contributed by atoms with Crippen molar-refractivity contribution in [1.82, 2.24) is 5.32 Å². The van der Waals surface area contributed by atoms with Crippen LogP contribution < -0.4 is 5.32 Å². The maximum atomic E-state index is 13.2. The maximum Gasteiger partial charge on any atom is 0.150 e. The highest BCUT2D eigenvalue weighted by Gasteiger charge is 2.33. The molecule has 2 rings (SSSR count). The van der Waals surface area contributed by atoms with E-state index in [1.54, 1.807) is 12.1 Å². The van der Waals surface area contributed by atoms with Gasteiger partial charge in [-0.15, -0.1) is 0 Å². The molecule has 2 atom stereocenters. The molecule has 1 aliphatic heterocycles. The lowest BCUT2D eigenvalue weighted by atomic mass is 9.93. The number of halogens is 2. The van der Waals surface area contributed by atoms with Crippen molar-refractivity contribution >= 4 is 21.4 Å². The molecule has 0 bridgehead atoms. The molecule has 0 saturated carbocycles. The molecule has 118 valence electrons. The van der Waals surface area contributed by atoms with Gasteiger partial charge in [0.1, 0.15) is 5.82 Å². The Labute approximate surface area is 130 Å². The van der Waals surface area contributed by atoms with Gasteiger partial charge in [-0.25, -0.2) is 12.8 Å². The van der Waals surface area contributed by atoms with Gasteiger partial charge in [-0.05, 0) is 49.4 Å². The van der Waals surface area contributed by atoms with Crippen LogP contribution in [0.5, 0.6) is 0 Å². The smallest absolute Gasteiger partial charge is 0.150 e. The van der Waals surface area contributed by atoms with E-state index in [4.69, 9.17) is 11.6 Å². The van der Waals surface area contributed by atoms with Crippen LogP contribution in [0, 0.1) is 11.7 Å². The first-order chi connectivity index (χ1) is 9.91. The van der Waals surface area contributed by atoms with E-state index < -0.39 is 15.7 Å². The first-order valence-electron chi connectivity index (χ1n) is 7.29. The number of hydrogen-bond donors (Lipinski definition) is 1. The Morgan fingerprint density at radius 3 is 2.81 bits per heavy atom. The Kier molecular flexibility index (Phi) is 5.63. The lowest BCUT2D eigenvalue weighted by Gasteiger charge is -2.24. The molecular weight excluding hydrogens is 313 g/mol. The number of hydrogen-bond acceptors (Lipinski definition) is 3. The maximum absolute atomic E-state index is 13.2. The van der Waals surface area contributed by atoms with E-state index in [2.05, 4.69) is 12.2 Å². The second kappa shape index (κ2) is 7.07. The Morgan fingerprint density at radius 2 is 2.24 bits per heavy atom. The summed E-state index contributed by atoms with van der Waals surface area (Å²) in [5.74, 6) is 0.197. The Morgan fingerprint density at radius 1 is 1.48 bits per heavy atom. The van der Waals surface area contributed by atoms with Gasteiger partial charge in [-0.3, -0.25) is 0 Å². The fourth-order valence-electron chi connectivity index (χ4n) is 2.80. The summed E-state index contributed by atoms with van der Waals surface area (Å²) in [7, 11) is -2.90. The first-order valence-corrected chi connectivity index (χ1v) is 9.49. The fourth-order valence-corrected chi connectivity index (χ4v) is 4.88. The van der Waals surface area contributed by atoms with E-state index in [1.807, 2.05) is 0 Å². The molecule has 1 aromatic carbocycles. The Bertz CT molecular complexity index is 591. The van der Waals surface area contributed by atoms with Crippen molar-refractivity contribution in [2.75, 3.05) is 18.1 Å². The summed E-state index contributed by atoms with van der Waals surface area (Å²) >= 11 is 5.82. The normalized spacial score (nSPS) is 22.3. The van der Waals surface area contributed by atoms with Gasteiger partial charge in [0.25, 0.3) is 0 Å². The molecule has 1 fully saturated rings. The largest absolute Gasteiger partial charge is 0.313 e. The SMILES string of the molecule is CCCNC(Cc1ccc(F)c(Cl)c1)C1CCS(=O)(=O)C1. The van der Waals surface area contributed by atoms with Gasteiger partial charge < -0.3 is 5.32 Å². The minimum absolute atomic E-state index is 0.0868. The van der Waals surface area contributed by atoms with Crippen molar-refractivity contribution < 1.29 is 12.8 Å². The third-order valence-electron chi connectivity index (χ3n) is 3.93. The van der Waals surface area contributed by atoms with Crippen LogP contribution >= 0.6 is 11.6 Å². The standard InChI is InChI=1S/C15H21ClFNO2S/c1-2-6-18-15(12-5-7-21(19,20)10-12)9-11-3-4-14(17)13(16)8-11/h3-4,8,12,15,18H,2,5-7,9-10H2,1H3. The van der Waals surface area contributed by atoms with Crippen molar-refractivity contribution in [2.24, 2.45) is 5.92 Å². The fraction of sp³-hybridized carbons (Fsp3) is 0.600. The van der Waals surface area contributed by atoms with Crippen LogP contribution in [0.25, 0.3) is 0 Å². The van der Waals surface area contributed by atoms with Crippen LogP contribution in [0.3, 0.4) is 0 Å². The minimum atomic E-state index is -2.90. The Hall–Kier alpha value is -0.650. The molecule has 0 aromatic heterocycles. The van der Waals surface area contributed by atoms with Gasteiger partial charge in [-0.1, -0.05) is 24.6 Å². The molecule has 0 spiro atoms. The summed E-state index contributed by atoms with van der Waals surface area (Å²) in [4.78, 5) is 0. The zero-order chi connectivity index (χ0) is 15.5. The van der Waals surface area contributed by atoms with Crippen LogP contribution in [0.1, 0.15) is 25.3 Å². The van der Waals surface area contributed by atoms with E-state index in [0.717, 1.165) is 18.5 Å². The molecular formula is C15H21ClFNO2S. The topological polar surface area (TPSA) is 46.2 Å². The molecule has 1 aliphatic rings. The van der Waals surface area contributed by atoms with E-state index >= 15 is 0 Å². The van der Waals surface area contributed by atoms with E-state index in [9.17, 15) is 12.8 Å². The average molecular weight is 334 g/mol. The number of sulfone groups is 1. The molecule has 1 heterocycles. The van der Waals surface area contributed by atoms with Gasteiger partial charge in [0.05, 0.1) is 16.5 Å². The quantitative estimate of drug-likeness (QED) is 0.870. The molecule has 0 radical (unpaired) electrons. The molecule has 1 N–H and O–H groups in total. The molecule has 1 aromatic rings. The second-order valence-corrected chi connectivity index (χ2v) is 8.31. The first kappa shape index (κ1) is 16.7. The highest BCUT2D eigenvalue weighted by atomic mass is 35.5. The number of nitrogens with one attached hydrogen (secondary N) is 1. The summed E-state index contributed by atoms with van der Waals surface area (Å²) < 4.78 is 36.6. The second-order valence-electron chi connectivity index (χ2n) is 5.68. The predicted octanol–water partition coefficient (Wildman–Crippen LogP) is 2.82. The summed E-state index contributed by atoms with van der Waals surface area (Å²) in [5.41, 5.74) is 0.930. The van der Waals surface area contributed by atoms with Crippen molar-refractivity contribution in [3.05, 3.63) is 34.6 Å². The van der Waals surface area contributed by atoms with Crippen LogP contribution in [0.2, 0.25) is 5.02 Å². The van der Waals surface area contributed by atoms with Gasteiger partial charge in [0, 0.05) is 6.04 Å². The van der Waals surface area contributed by atoms with Crippen LogP contribution in [0.15, 0.2) is 18.2 Å². The zero-order valence-corrected chi connectivity index (χ0v) is 13.7.